The highest BCUT2D eigenvalue weighted by Crippen LogP contribution is 2.29. The molecular weight excluding hydrogens is 306 g/mol. The summed E-state index contributed by atoms with van der Waals surface area (Å²) in [7, 11) is 0. The first-order valence-electron chi connectivity index (χ1n) is 7.56. The number of hydrogen-bond donors (Lipinski definition) is 1. The summed E-state index contributed by atoms with van der Waals surface area (Å²) >= 11 is 0. The van der Waals surface area contributed by atoms with E-state index in [0.717, 1.165) is 5.01 Å². The third kappa shape index (κ3) is 3.44. The lowest BCUT2D eigenvalue weighted by molar-refractivity contribution is -0.163. The summed E-state index contributed by atoms with van der Waals surface area (Å²) < 4.78 is 5.52. The Hall–Kier alpha value is -2.16. The molecule has 2 rings (SSSR count). The van der Waals surface area contributed by atoms with Gasteiger partial charge in [0.2, 0.25) is 0 Å². The standard InChI is InChI=1S/C14H19N3O6/c1-3-4-8(18)11-12(19)13(20)17(16-15-11)10-6-5-9(23-10)7(2)14(21)22/h7,9-11H,3-6H2,1-2H3,(H,21,22). The molecule has 1 amide bonds. The van der Waals surface area contributed by atoms with Gasteiger partial charge in [0.1, 0.15) is 0 Å². The number of hydrogen-bond acceptors (Lipinski definition) is 7. The number of amides is 1. The fourth-order valence-electron chi connectivity index (χ4n) is 2.56. The number of carbonyl (C=O) groups excluding carboxylic acids is 3. The van der Waals surface area contributed by atoms with Gasteiger partial charge < -0.3 is 9.84 Å². The Morgan fingerprint density at radius 2 is 2.09 bits per heavy atom. The van der Waals surface area contributed by atoms with E-state index in [1.807, 2.05) is 0 Å². The molecule has 2 aliphatic heterocycles. The molecule has 0 bridgehead atoms. The first-order valence-corrected chi connectivity index (χ1v) is 7.56. The Morgan fingerprint density at radius 3 is 2.70 bits per heavy atom. The molecule has 1 saturated heterocycles. The van der Waals surface area contributed by atoms with Gasteiger partial charge in [0.05, 0.1) is 12.0 Å². The Labute approximate surface area is 132 Å². The zero-order valence-electron chi connectivity index (χ0n) is 13.0. The summed E-state index contributed by atoms with van der Waals surface area (Å²) in [6.07, 6.45) is 0.106. The number of nitrogens with zero attached hydrogens (tertiary/aromatic N) is 3. The van der Waals surface area contributed by atoms with Crippen LogP contribution < -0.4 is 0 Å². The third-order valence-electron chi connectivity index (χ3n) is 3.98. The molecule has 126 valence electrons. The van der Waals surface area contributed by atoms with Crippen LogP contribution in [0.5, 0.6) is 0 Å². The molecule has 0 aromatic heterocycles. The van der Waals surface area contributed by atoms with Gasteiger partial charge in [-0.1, -0.05) is 12.1 Å². The maximum absolute atomic E-state index is 12.1. The smallest absolute Gasteiger partial charge is 0.316 e. The van der Waals surface area contributed by atoms with E-state index in [9.17, 15) is 19.2 Å². The maximum Gasteiger partial charge on any atom is 0.316 e. The highest BCUT2D eigenvalue weighted by atomic mass is 16.5. The van der Waals surface area contributed by atoms with Crippen molar-refractivity contribution in [3.63, 3.8) is 0 Å². The van der Waals surface area contributed by atoms with Crippen LogP contribution in [0.25, 0.3) is 0 Å². The monoisotopic (exact) mass is 325 g/mol. The number of aliphatic carboxylic acids is 1. The Morgan fingerprint density at radius 1 is 1.39 bits per heavy atom. The number of Topliss-reactive ketones (excluding diaryl/α,β-unsaturated/α-hetero) is 2. The minimum absolute atomic E-state index is 0.154. The second-order valence-corrected chi connectivity index (χ2v) is 5.67. The van der Waals surface area contributed by atoms with E-state index in [2.05, 4.69) is 10.3 Å². The highest BCUT2D eigenvalue weighted by Gasteiger charge is 2.44. The number of ether oxygens (including phenoxy) is 1. The van der Waals surface area contributed by atoms with Gasteiger partial charge in [-0.15, -0.1) is 0 Å². The van der Waals surface area contributed by atoms with Crippen molar-refractivity contribution in [2.45, 2.75) is 57.9 Å². The molecule has 9 nitrogen and oxygen atoms in total. The molecule has 4 unspecified atom stereocenters. The molecule has 2 aliphatic rings. The Bertz CT molecular complexity index is 561. The van der Waals surface area contributed by atoms with E-state index in [-0.39, 0.29) is 6.42 Å². The molecule has 0 aromatic carbocycles. The lowest BCUT2D eigenvalue weighted by Gasteiger charge is -2.26. The minimum atomic E-state index is -1.37. The van der Waals surface area contributed by atoms with Crippen molar-refractivity contribution < 1.29 is 29.0 Å². The summed E-state index contributed by atoms with van der Waals surface area (Å²) in [5.41, 5.74) is 0. The molecule has 23 heavy (non-hydrogen) atoms. The van der Waals surface area contributed by atoms with Crippen LogP contribution in [-0.4, -0.2) is 51.9 Å². The number of carboxylic acids is 1. The second kappa shape index (κ2) is 6.95. The van der Waals surface area contributed by atoms with E-state index in [4.69, 9.17) is 9.84 Å². The number of carbonyl (C=O) groups is 4. The van der Waals surface area contributed by atoms with Crippen LogP contribution in [0.1, 0.15) is 39.5 Å². The van der Waals surface area contributed by atoms with Crippen LogP contribution >= 0.6 is 0 Å². The summed E-state index contributed by atoms with van der Waals surface area (Å²) in [6, 6.07) is -1.37. The van der Waals surface area contributed by atoms with Crippen molar-refractivity contribution >= 4 is 23.4 Å². The summed E-state index contributed by atoms with van der Waals surface area (Å²) in [5, 5.41) is 17.1. The molecule has 1 fully saturated rings. The second-order valence-electron chi connectivity index (χ2n) is 5.67. The molecule has 0 aliphatic carbocycles. The molecule has 4 atom stereocenters. The van der Waals surface area contributed by atoms with Crippen LogP contribution in [0.2, 0.25) is 0 Å². The Kier molecular flexibility index (Phi) is 5.19. The molecule has 0 radical (unpaired) electrons. The molecule has 2 heterocycles. The quantitative estimate of drug-likeness (QED) is 0.566. The zero-order valence-corrected chi connectivity index (χ0v) is 13.0. The van der Waals surface area contributed by atoms with Crippen molar-refractivity contribution in [1.82, 2.24) is 5.01 Å². The first kappa shape index (κ1) is 17.2. The van der Waals surface area contributed by atoms with E-state index in [1.165, 1.54) is 6.92 Å². The van der Waals surface area contributed by atoms with Crippen LogP contribution in [0.15, 0.2) is 10.3 Å². The van der Waals surface area contributed by atoms with Crippen LogP contribution in [0.3, 0.4) is 0 Å². The van der Waals surface area contributed by atoms with Crippen molar-refractivity contribution in [2.24, 2.45) is 16.3 Å². The largest absolute Gasteiger partial charge is 0.481 e. The minimum Gasteiger partial charge on any atom is -0.481 e. The average Bonchev–Trinajstić information content (AvgIpc) is 2.98. The van der Waals surface area contributed by atoms with E-state index >= 15 is 0 Å². The van der Waals surface area contributed by atoms with Gasteiger partial charge in [-0.3, -0.25) is 19.2 Å². The SMILES string of the molecule is CCCC(=O)C1N=NN(C2CCC(C(C)C(=O)O)O2)C(=O)C1=O. The molecule has 0 spiro atoms. The molecule has 0 aromatic rings. The van der Waals surface area contributed by atoms with Gasteiger partial charge in [0.15, 0.2) is 18.1 Å². The van der Waals surface area contributed by atoms with Crippen molar-refractivity contribution in [3.05, 3.63) is 0 Å². The number of ketones is 2. The van der Waals surface area contributed by atoms with Crippen molar-refractivity contribution in [3.8, 4) is 0 Å². The predicted molar refractivity (Wildman–Crippen MR) is 75.1 cm³/mol. The summed E-state index contributed by atoms with van der Waals surface area (Å²) in [6.45, 7) is 3.30. The van der Waals surface area contributed by atoms with Crippen molar-refractivity contribution in [2.75, 3.05) is 0 Å². The number of carboxylic acid groups (broad SMARTS) is 1. The molecular formula is C14H19N3O6. The number of rotatable bonds is 6. The highest BCUT2D eigenvalue weighted by molar-refractivity contribution is 6.42. The topological polar surface area (TPSA) is 126 Å². The average molecular weight is 325 g/mol. The van der Waals surface area contributed by atoms with E-state index in [1.54, 1.807) is 6.92 Å². The van der Waals surface area contributed by atoms with Crippen LogP contribution in [-0.2, 0) is 23.9 Å². The van der Waals surface area contributed by atoms with Gasteiger partial charge in [-0.2, -0.15) is 10.1 Å². The first-order chi connectivity index (χ1) is 10.9. The maximum atomic E-state index is 12.1. The molecule has 1 N–H and O–H groups in total. The van der Waals surface area contributed by atoms with Gasteiger partial charge >= 0.3 is 11.9 Å². The molecule has 9 heteroatoms. The van der Waals surface area contributed by atoms with Gasteiger partial charge in [-0.05, 0) is 26.2 Å². The van der Waals surface area contributed by atoms with Gasteiger partial charge in [0.25, 0.3) is 5.78 Å². The van der Waals surface area contributed by atoms with Gasteiger partial charge in [-0.25, -0.2) is 0 Å². The lowest BCUT2D eigenvalue weighted by Crippen LogP contribution is -2.49. The fourth-order valence-corrected chi connectivity index (χ4v) is 2.56. The third-order valence-corrected chi connectivity index (χ3v) is 3.98. The predicted octanol–water partition coefficient (Wildman–Crippen LogP) is 0.728. The van der Waals surface area contributed by atoms with Crippen molar-refractivity contribution in [1.29, 1.82) is 0 Å². The van der Waals surface area contributed by atoms with E-state index in [0.29, 0.717) is 19.3 Å². The lowest BCUT2D eigenvalue weighted by atomic mass is 10.0. The van der Waals surface area contributed by atoms with Gasteiger partial charge in [0, 0.05) is 6.42 Å². The summed E-state index contributed by atoms with van der Waals surface area (Å²) in [4.78, 5) is 46.9. The fraction of sp³-hybridized carbons (Fsp3) is 0.714. The molecule has 0 saturated carbocycles. The Balaban J connectivity index is 2.07. The van der Waals surface area contributed by atoms with E-state index < -0.39 is 47.7 Å². The summed E-state index contributed by atoms with van der Waals surface area (Å²) in [5.74, 6) is -4.02. The normalized spacial score (nSPS) is 29.0. The zero-order chi connectivity index (χ0) is 17.1. The van der Waals surface area contributed by atoms with Crippen LogP contribution in [0, 0.1) is 5.92 Å². The van der Waals surface area contributed by atoms with Crippen LogP contribution in [0.4, 0.5) is 0 Å².